The molecule has 0 aliphatic rings. The third-order valence-electron chi connectivity index (χ3n) is 1.83. The van der Waals surface area contributed by atoms with Crippen molar-refractivity contribution in [3.63, 3.8) is 0 Å². The Labute approximate surface area is 84.8 Å². The standard InChI is InChI=1S/C10H6NO2S/c12-11(13)10-3-1-2-8(6-10)9-4-5-14-7-9/h1,3-7H. The zero-order valence-corrected chi connectivity index (χ0v) is 7.95. The molecule has 0 spiro atoms. The van der Waals surface area contributed by atoms with Gasteiger partial charge in [0, 0.05) is 12.1 Å². The number of hydrogen-bond donors (Lipinski definition) is 0. The quantitative estimate of drug-likeness (QED) is 0.557. The Balaban J connectivity index is 2.46. The molecule has 0 atom stereocenters. The molecule has 0 aliphatic carbocycles. The number of nitro benzene ring substituents is 1. The lowest BCUT2D eigenvalue weighted by molar-refractivity contribution is -0.384. The van der Waals surface area contributed by atoms with Gasteiger partial charge in [0.05, 0.1) is 4.92 Å². The van der Waals surface area contributed by atoms with Crippen molar-refractivity contribution in [2.24, 2.45) is 0 Å². The minimum absolute atomic E-state index is 0.102. The van der Waals surface area contributed by atoms with E-state index in [0.717, 1.165) is 11.1 Å². The van der Waals surface area contributed by atoms with Crippen molar-refractivity contribution in [1.29, 1.82) is 0 Å². The minimum atomic E-state index is -0.399. The van der Waals surface area contributed by atoms with E-state index < -0.39 is 4.92 Å². The third-order valence-corrected chi connectivity index (χ3v) is 2.51. The van der Waals surface area contributed by atoms with Gasteiger partial charge in [-0.25, -0.2) is 0 Å². The van der Waals surface area contributed by atoms with E-state index in [2.05, 4.69) is 6.07 Å². The summed E-state index contributed by atoms with van der Waals surface area (Å²) in [6.45, 7) is 0. The number of nitrogens with zero attached hydrogens (tertiary/aromatic N) is 1. The molecule has 1 radical (unpaired) electrons. The van der Waals surface area contributed by atoms with E-state index in [4.69, 9.17) is 0 Å². The zero-order valence-electron chi connectivity index (χ0n) is 7.14. The molecule has 2 aromatic rings. The lowest BCUT2D eigenvalue weighted by Crippen LogP contribution is -1.87. The molecule has 0 bridgehead atoms. The molecule has 0 aliphatic heterocycles. The van der Waals surface area contributed by atoms with Gasteiger partial charge in [0.1, 0.15) is 0 Å². The fourth-order valence-electron chi connectivity index (χ4n) is 1.15. The molecule has 1 aromatic heterocycles. The number of hydrogen-bond acceptors (Lipinski definition) is 3. The zero-order chi connectivity index (χ0) is 9.97. The monoisotopic (exact) mass is 204 g/mol. The molecule has 1 aromatic carbocycles. The van der Waals surface area contributed by atoms with Gasteiger partial charge in [-0.2, -0.15) is 11.3 Å². The van der Waals surface area contributed by atoms with E-state index in [0.29, 0.717) is 0 Å². The SMILES string of the molecule is O=[N+]([O-])c1cc[c]c(-c2ccsc2)c1. The number of nitro groups is 1. The van der Waals surface area contributed by atoms with Crippen LogP contribution >= 0.6 is 11.3 Å². The minimum Gasteiger partial charge on any atom is -0.258 e. The topological polar surface area (TPSA) is 43.1 Å². The Morgan fingerprint density at radius 3 is 2.93 bits per heavy atom. The van der Waals surface area contributed by atoms with Crippen LogP contribution in [0, 0.1) is 16.2 Å². The molecule has 0 saturated carbocycles. The largest absolute Gasteiger partial charge is 0.270 e. The molecule has 0 amide bonds. The van der Waals surface area contributed by atoms with Gasteiger partial charge >= 0.3 is 0 Å². The van der Waals surface area contributed by atoms with Crippen LogP contribution in [0.4, 0.5) is 5.69 Å². The normalized spacial score (nSPS) is 10.0. The highest BCUT2D eigenvalue weighted by Gasteiger charge is 2.06. The molecule has 1 heterocycles. The summed E-state index contributed by atoms with van der Waals surface area (Å²) in [5.74, 6) is 0. The molecule has 0 N–H and O–H groups in total. The molecule has 0 fully saturated rings. The first-order valence-electron chi connectivity index (χ1n) is 3.96. The summed E-state index contributed by atoms with van der Waals surface area (Å²) in [5, 5.41) is 14.4. The second-order valence-electron chi connectivity index (χ2n) is 2.73. The summed E-state index contributed by atoms with van der Waals surface area (Å²) in [4.78, 5) is 10.1. The van der Waals surface area contributed by atoms with Crippen LogP contribution in [0.15, 0.2) is 35.0 Å². The number of non-ortho nitro benzene ring substituents is 1. The first-order valence-corrected chi connectivity index (χ1v) is 4.90. The number of thiophene rings is 1. The Hall–Kier alpha value is -1.68. The van der Waals surface area contributed by atoms with Crippen LogP contribution < -0.4 is 0 Å². The van der Waals surface area contributed by atoms with Crippen LogP contribution in [0.5, 0.6) is 0 Å². The highest BCUT2D eigenvalue weighted by molar-refractivity contribution is 7.08. The van der Waals surface area contributed by atoms with Crippen molar-refractivity contribution in [2.45, 2.75) is 0 Å². The smallest absolute Gasteiger partial charge is 0.258 e. The van der Waals surface area contributed by atoms with Crippen molar-refractivity contribution < 1.29 is 4.92 Å². The van der Waals surface area contributed by atoms with Gasteiger partial charge in [0.25, 0.3) is 5.69 Å². The average Bonchev–Trinajstić information content (AvgIpc) is 2.71. The van der Waals surface area contributed by atoms with E-state index in [-0.39, 0.29) is 5.69 Å². The van der Waals surface area contributed by atoms with Crippen LogP contribution in [0.3, 0.4) is 0 Å². The van der Waals surface area contributed by atoms with Gasteiger partial charge in [0.15, 0.2) is 0 Å². The fourth-order valence-corrected chi connectivity index (χ4v) is 1.81. The lowest BCUT2D eigenvalue weighted by Gasteiger charge is -1.96. The average molecular weight is 204 g/mol. The van der Waals surface area contributed by atoms with Gasteiger partial charge in [-0.1, -0.05) is 0 Å². The molecule has 0 unspecified atom stereocenters. The summed E-state index contributed by atoms with van der Waals surface area (Å²) in [7, 11) is 0. The molecule has 69 valence electrons. The van der Waals surface area contributed by atoms with Gasteiger partial charge in [0.2, 0.25) is 0 Å². The molecule has 0 saturated heterocycles. The van der Waals surface area contributed by atoms with E-state index >= 15 is 0 Å². The van der Waals surface area contributed by atoms with Crippen molar-refractivity contribution >= 4 is 17.0 Å². The van der Waals surface area contributed by atoms with Gasteiger partial charge in [-0.05, 0) is 40.1 Å². The van der Waals surface area contributed by atoms with E-state index in [1.807, 2.05) is 16.8 Å². The maximum atomic E-state index is 10.5. The number of benzene rings is 1. The first kappa shape index (κ1) is 8.90. The summed E-state index contributed by atoms with van der Waals surface area (Å²) in [6.07, 6.45) is 0. The first-order chi connectivity index (χ1) is 6.77. The van der Waals surface area contributed by atoms with Crippen molar-refractivity contribution in [2.75, 3.05) is 0 Å². The maximum Gasteiger partial charge on any atom is 0.270 e. The van der Waals surface area contributed by atoms with Crippen LogP contribution in [0.1, 0.15) is 0 Å². The van der Waals surface area contributed by atoms with Crippen LogP contribution in [-0.4, -0.2) is 4.92 Å². The molecule has 14 heavy (non-hydrogen) atoms. The second-order valence-corrected chi connectivity index (χ2v) is 3.51. The predicted molar refractivity (Wildman–Crippen MR) is 55.2 cm³/mol. The molecular weight excluding hydrogens is 198 g/mol. The predicted octanol–water partition coefficient (Wildman–Crippen LogP) is 3.12. The Kier molecular flexibility index (Phi) is 2.28. The van der Waals surface area contributed by atoms with Gasteiger partial charge in [-0.15, -0.1) is 0 Å². The van der Waals surface area contributed by atoms with E-state index in [1.165, 1.54) is 12.1 Å². The molecule has 2 rings (SSSR count). The Bertz CT molecular complexity index is 451. The maximum absolute atomic E-state index is 10.5. The van der Waals surface area contributed by atoms with Gasteiger partial charge < -0.3 is 0 Å². The summed E-state index contributed by atoms with van der Waals surface area (Å²) < 4.78 is 0. The highest BCUT2D eigenvalue weighted by atomic mass is 32.1. The van der Waals surface area contributed by atoms with Crippen molar-refractivity contribution in [3.05, 3.63) is 51.2 Å². The summed E-state index contributed by atoms with van der Waals surface area (Å²) in [6, 6.07) is 9.43. The summed E-state index contributed by atoms with van der Waals surface area (Å²) >= 11 is 1.56. The van der Waals surface area contributed by atoms with Crippen LogP contribution in [-0.2, 0) is 0 Å². The highest BCUT2D eigenvalue weighted by Crippen LogP contribution is 2.24. The Morgan fingerprint density at radius 2 is 2.29 bits per heavy atom. The number of rotatable bonds is 2. The Morgan fingerprint density at radius 1 is 1.43 bits per heavy atom. The molecule has 3 nitrogen and oxygen atoms in total. The molecular formula is C10H6NO2S. The fraction of sp³-hybridized carbons (Fsp3) is 0. The second kappa shape index (κ2) is 3.59. The molecule has 4 heteroatoms. The van der Waals surface area contributed by atoms with E-state index in [9.17, 15) is 10.1 Å². The lowest BCUT2D eigenvalue weighted by atomic mass is 10.1. The van der Waals surface area contributed by atoms with Crippen molar-refractivity contribution in [1.82, 2.24) is 0 Å². The van der Waals surface area contributed by atoms with Crippen LogP contribution in [0.25, 0.3) is 11.1 Å². The van der Waals surface area contributed by atoms with Crippen LogP contribution in [0.2, 0.25) is 0 Å². The van der Waals surface area contributed by atoms with Gasteiger partial charge in [-0.3, -0.25) is 10.1 Å². The summed E-state index contributed by atoms with van der Waals surface area (Å²) in [5.41, 5.74) is 1.84. The van der Waals surface area contributed by atoms with E-state index in [1.54, 1.807) is 17.4 Å². The van der Waals surface area contributed by atoms with Crippen molar-refractivity contribution in [3.8, 4) is 11.1 Å². The third kappa shape index (κ3) is 1.65.